The van der Waals surface area contributed by atoms with E-state index < -0.39 is 0 Å². The van der Waals surface area contributed by atoms with Gasteiger partial charge in [0.2, 0.25) is 11.8 Å². The van der Waals surface area contributed by atoms with Gasteiger partial charge in [-0.25, -0.2) is 0 Å². The first-order chi connectivity index (χ1) is 13.5. The molecule has 0 bridgehead atoms. The van der Waals surface area contributed by atoms with Gasteiger partial charge in [0.25, 0.3) is 0 Å². The maximum Gasteiger partial charge on any atom is 0.246 e. The first kappa shape index (κ1) is 19.9. The monoisotopic (exact) mass is 399 g/mol. The second-order valence-corrected chi connectivity index (χ2v) is 7.01. The van der Waals surface area contributed by atoms with E-state index >= 15 is 0 Å². The molecular weight excluding hydrogens is 378 g/mol. The highest BCUT2D eigenvalue weighted by Gasteiger charge is 2.23. The Kier molecular flexibility index (Phi) is 6.31. The lowest BCUT2D eigenvalue weighted by atomic mass is 10.0. The number of rotatable bonds is 5. The molecule has 0 radical (unpaired) electrons. The largest absolute Gasteiger partial charge is 0.508 e. The van der Waals surface area contributed by atoms with Gasteiger partial charge in [-0.15, -0.1) is 0 Å². The number of aromatic nitrogens is 1. The molecule has 1 aromatic carbocycles. The molecule has 0 spiro atoms. The van der Waals surface area contributed by atoms with Crippen LogP contribution in [-0.2, 0) is 16.0 Å². The number of halogens is 1. The van der Waals surface area contributed by atoms with Crippen molar-refractivity contribution in [3.8, 4) is 16.9 Å². The molecule has 7 heteroatoms. The summed E-state index contributed by atoms with van der Waals surface area (Å²) >= 11 is 6.28. The van der Waals surface area contributed by atoms with Gasteiger partial charge in [-0.05, 0) is 47.9 Å². The Bertz CT molecular complexity index is 878. The van der Waals surface area contributed by atoms with Crippen molar-refractivity contribution in [2.45, 2.75) is 12.8 Å². The van der Waals surface area contributed by atoms with Gasteiger partial charge in [0.05, 0.1) is 5.02 Å². The molecule has 2 aromatic rings. The Morgan fingerprint density at radius 1 is 1.14 bits per heavy atom. The predicted octanol–water partition coefficient (Wildman–Crippen LogP) is 2.90. The summed E-state index contributed by atoms with van der Waals surface area (Å²) < 4.78 is 0. The van der Waals surface area contributed by atoms with Gasteiger partial charge in [-0.2, -0.15) is 0 Å². The van der Waals surface area contributed by atoms with Crippen LogP contribution in [0.2, 0.25) is 5.02 Å². The van der Waals surface area contributed by atoms with Crippen molar-refractivity contribution in [3.63, 3.8) is 0 Å². The zero-order chi connectivity index (χ0) is 20.1. The number of phenolic OH excluding ortho intramolecular Hbond substituents is 1. The molecule has 1 saturated heterocycles. The lowest BCUT2D eigenvalue weighted by Gasteiger charge is -2.34. The number of aryl methyl sites for hydroxylation is 1. The highest BCUT2D eigenvalue weighted by molar-refractivity contribution is 6.33. The van der Waals surface area contributed by atoms with E-state index in [2.05, 4.69) is 11.6 Å². The summed E-state index contributed by atoms with van der Waals surface area (Å²) in [6.45, 7) is 5.52. The minimum atomic E-state index is -0.109. The molecule has 6 nitrogen and oxygen atoms in total. The fourth-order valence-electron chi connectivity index (χ4n) is 3.27. The zero-order valence-electron chi connectivity index (χ0n) is 15.5. The number of carbonyl (C=O) groups is 2. The number of carbonyl (C=O) groups excluding carboxylic acids is 2. The Hall–Kier alpha value is -2.86. The highest BCUT2D eigenvalue weighted by atomic mass is 35.5. The van der Waals surface area contributed by atoms with E-state index in [1.807, 2.05) is 18.2 Å². The quantitative estimate of drug-likeness (QED) is 0.784. The lowest BCUT2D eigenvalue weighted by Crippen LogP contribution is -2.50. The highest BCUT2D eigenvalue weighted by Crippen LogP contribution is 2.34. The van der Waals surface area contributed by atoms with Gasteiger partial charge in [0.15, 0.2) is 0 Å². The molecule has 1 aliphatic rings. The lowest BCUT2D eigenvalue weighted by molar-refractivity contribution is -0.137. The number of benzene rings is 1. The molecule has 0 atom stereocenters. The summed E-state index contributed by atoms with van der Waals surface area (Å²) in [5, 5.41) is 10.7. The average Bonchev–Trinajstić information content (AvgIpc) is 2.73. The molecule has 1 fully saturated rings. The molecule has 0 saturated carbocycles. The molecule has 0 aliphatic carbocycles. The second kappa shape index (κ2) is 8.89. The molecule has 2 amide bonds. The van der Waals surface area contributed by atoms with Crippen LogP contribution in [0.15, 0.2) is 49.3 Å². The Morgan fingerprint density at radius 3 is 2.43 bits per heavy atom. The average molecular weight is 400 g/mol. The molecule has 1 N–H and O–H groups in total. The zero-order valence-corrected chi connectivity index (χ0v) is 16.2. The van der Waals surface area contributed by atoms with Crippen LogP contribution in [0.3, 0.4) is 0 Å². The first-order valence-corrected chi connectivity index (χ1v) is 9.48. The van der Waals surface area contributed by atoms with Crippen LogP contribution >= 0.6 is 11.6 Å². The summed E-state index contributed by atoms with van der Waals surface area (Å²) in [6.07, 6.45) is 5.34. The Morgan fingerprint density at radius 2 is 1.79 bits per heavy atom. The van der Waals surface area contributed by atoms with Crippen molar-refractivity contribution in [3.05, 3.63) is 59.9 Å². The molecule has 1 aliphatic heterocycles. The van der Waals surface area contributed by atoms with Gasteiger partial charge < -0.3 is 14.9 Å². The molecule has 2 heterocycles. The smallest absolute Gasteiger partial charge is 0.246 e. The van der Waals surface area contributed by atoms with Crippen LogP contribution in [0.1, 0.15) is 12.0 Å². The molecule has 28 heavy (non-hydrogen) atoms. The Labute approximate surface area is 169 Å². The maximum absolute atomic E-state index is 12.5. The summed E-state index contributed by atoms with van der Waals surface area (Å²) in [6, 6.07) is 7.02. The van der Waals surface area contributed by atoms with E-state index in [-0.39, 0.29) is 24.0 Å². The van der Waals surface area contributed by atoms with Gasteiger partial charge in [-0.3, -0.25) is 14.6 Å². The predicted molar refractivity (Wildman–Crippen MR) is 108 cm³/mol. The standard InChI is InChI=1S/C21H22ClN3O3/c1-2-20(27)24-9-11-25(12-10-24)21(28)4-3-16-13-17(18(22)14-19(16)26)15-5-7-23-8-6-15/h2,5-8,13-14,26H,1,3-4,9-12H2. The van der Waals surface area contributed by atoms with Gasteiger partial charge in [0, 0.05) is 50.6 Å². The van der Waals surface area contributed by atoms with Crippen molar-refractivity contribution in [1.29, 1.82) is 0 Å². The summed E-state index contributed by atoms with van der Waals surface area (Å²) in [5.41, 5.74) is 2.36. The van der Waals surface area contributed by atoms with E-state index in [4.69, 9.17) is 11.6 Å². The summed E-state index contributed by atoms with van der Waals surface area (Å²) in [5.74, 6) is -0.0238. The van der Waals surface area contributed by atoms with E-state index in [0.29, 0.717) is 43.2 Å². The van der Waals surface area contributed by atoms with Crippen LogP contribution in [0.5, 0.6) is 5.75 Å². The van der Waals surface area contributed by atoms with E-state index in [1.54, 1.807) is 22.2 Å². The summed E-state index contributed by atoms with van der Waals surface area (Å²) in [4.78, 5) is 31.6. The second-order valence-electron chi connectivity index (χ2n) is 6.61. The van der Waals surface area contributed by atoms with E-state index in [9.17, 15) is 14.7 Å². The van der Waals surface area contributed by atoms with Gasteiger partial charge in [0.1, 0.15) is 5.75 Å². The van der Waals surface area contributed by atoms with Crippen LogP contribution in [-0.4, -0.2) is 57.9 Å². The molecule has 1 aromatic heterocycles. The number of aromatic hydroxyl groups is 1. The topological polar surface area (TPSA) is 73.7 Å². The first-order valence-electron chi connectivity index (χ1n) is 9.10. The summed E-state index contributed by atoms with van der Waals surface area (Å²) in [7, 11) is 0. The van der Waals surface area contributed by atoms with Crippen LogP contribution in [0, 0.1) is 0 Å². The van der Waals surface area contributed by atoms with Crippen LogP contribution in [0.25, 0.3) is 11.1 Å². The van der Waals surface area contributed by atoms with Gasteiger partial charge in [-0.1, -0.05) is 18.2 Å². The van der Waals surface area contributed by atoms with E-state index in [0.717, 1.165) is 11.1 Å². The number of amides is 2. The van der Waals surface area contributed by atoms with Crippen molar-refractivity contribution < 1.29 is 14.7 Å². The third kappa shape index (κ3) is 4.51. The van der Waals surface area contributed by atoms with Crippen molar-refractivity contribution >= 4 is 23.4 Å². The van der Waals surface area contributed by atoms with Gasteiger partial charge >= 0.3 is 0 Å². The van der Waals surface area contributed by atoms with Crippen LogP contribution in [0.4, 0.5) is 0 Å². The molecular formula is C21H22ClN3O3. The number of nitrogens with zero attached hydrogens (tertiary/aromatic N) is 3. The molecule has 146 valence electrons. The SMILES string of the molecule is C=CC(=O)N1CCN(C(=O)CCc2cc(-c3ccncc3)c(Cl)cc2O)CC1. The van der Waals surface area contributed by atoms with Crippen molar-refractivity contribution in [1.82, 2.24) is 14.8 Å². The van der Waals surface area contributed by atoms with Crippen LogP contribution < -0.4 is 0 Å². The fourth-order valence-corrected chi connectivity index (χ4v) is 3.53. The third-order valence-corrected chi connectivity index (χ3v) is 5.20. The number of hydrogen-bond donors (Lipinski definition) is 1. The number of pyridine rings is 1. The fraction of sp³-hybridized carbons (Fsp3) is 0.286. The van der Waals surface area contributed by atoms with E-state index in [1.165, 1.54) is 12.1 Å². The number of phenols is 1. The number of piperazine rings is 1. The third-order valence-electron chi connectivity index (χ3n) is 4.89. The Balaban J connectivity index is 1.64. The maximum atomic E-state index is 12.5. The molecule has 3 rings (SSSR count). The normalized spacial score (nSPS) is 14.0. The van der Waals surface area contributed by atoms with Crippen molar-refractivity contribution in [2.75, 3.05) is 26.2 Å². The minimum Gasteiger partial charge on any atom is -0.508 e. The van der Waals surface area contributed by atoms with Crippen molar-refractivity contribution in [2.24, 2.45) is 0 Å². The number of hydrogen-bond acceptors (Lipinski definition) is 4. The minimum absolute atomic E-state index is 0.00510. The molecule has 0 unspecified atom stereocenters.